The van der Waals surface area contributed by atoms with Crippen molar-refractivity contribution >= 4 is 17.4 Å². The third-order valence-corrected chi connectivity index (χ3v) is 4.07. The number of hydrogen-bond acceptors (Lipinski definition) is 2. The Hall–Kier alpha value is -2.59. The standard InChI is InChI=1S/C18H17ClN4/c19-16-7-2-1-5-14(16)11-17-22-8-9-23(17)12-13-4-3-6-15(10-13)18(20)21/h1-10H,11-12H2,(H3,20,21). The lowest BCUT2D eigenvalue weighted by Crippen LogP contribution is -2.12. The summed E-state index contributed by atoms with van der Waals surface area (Å²) in [6.45, 7) is 0.681. The summed E-state index contributed by atoms with van der Waals surface area (Å²) in [7, 11) is 0. The minimum Gasteiger partial charge on any atom is -0.384 e. The van der Waals surface area contributed by atoms with Crippen LogP contribution in [0.1, 0.15) is 22.5 Å². The molecule has 0 unspecified atom stereocenters. The molecule has 0 saturated carbocycles. The van der Waals surface area contributed by atoms with Crippen molar-refractivity contribution in [1.29, 1.82) is 5.41 Å². The maximum atomic E-state index is 7.54. The minimum absolute atomic E-state index is 0.0776. The number of nitrogen functional groups attached to an aromatic ring is 1. The first-order valence-corrected chi connectivity index (χ1v) is 7.68. The van der Waals surface area contributed by atoms with Gasteiger partial charge in [0.1, 0.15) is 11.7 Å². The Labute approximate surface area is 140 Å². The number of rotatable bonds is 5. The van der Waals surface area contributed by atoms with Gasteiger partial charge in [-0.1, -0.05) is 48.0 Å². The number of nitrogens with two attached hydrogens (primary N) is 1. The number of benzene rings is 2. The van der Waals surface area contributed by atoms with Gasteiger partial charge in [0.15, 0.2) is 0 Å². The van der Waals surface area contributed by atoms with Gasteiger partial charge in [-0.05, 0) is 23.3 Å². The van der Waals surface area contributed by atoms with Crippen LogP contribution >= 0.6 is 11.6 Å². The van der Waals surface area contributed by atoms with Crippen molar-refractivity contribution in [2.24, 2.45) is 5.73 Å². The van der Waals surface area contributed by atoms with E-state index in [0.717, 1.165) is 27.5 Å². The highest BCUT2D eigenvalue weighted by molar-refractivity contribution is 6.31. The molecule has 0 amide bonds. The lowest BCUT2D eigenvalue weighted by Gasteiger charge is -2.10. The first-order valence-electron chi connectivity index (χ1n) is 7.30. The first-order chi connectivity index (χ1) is 11.1. The van der Waals surface area contributed by atoms with Gasteiger partial charge in [0.05, 0.1) is 0 Å². The Kier molecular flexibility index (Phi) is 4.44. The van der Waals surface area contributed by atoms with Crippen LogP contribution in [-0.4, -0.2) is 15.4 Å². The predicted molar refractivity (Wildman–Crippen MR) is 93.0 cm³/mol. The molecule has 1 aromatic heterocycles. The highest BCUT2D eigenvalue weighted by Crippen LogP contribution is 2.19. The highest BCUT2D eigenvalue weighted by Gasteiger charge is 2.08. The fourth-order valence-corrected chi connectivity index (χ4v) is 2.70. The molecule has 0 saturated heterocycles. The number of amidine groups is 1. The molecule has 116 valence electrons. The Balaban J connectivity index is 1.83. The monoisotopic (exact) mass is 324 g/mol. The smallest absolute Gasteiger partial charge is 0.122 e. The molecule has 2 aromatic carbocycles. The van der Waals surface area contributed by atoms with E-state index in [0.29, 0.717) is 13.0 Å². The van der Waals surface area contributed by atoms with Crippen molar-refractivity contribution in [3.63, 3.8) is 0 Å². The average molecular weight is 325 g/mol. The zero-order chi connectivity index (χ0) is 16.2. The number of nitrogens with zero attached hydrogens (tertiary/aromatic N) is 2. The molecule has 3 N–H and O–H groups in total. The molecular formula is C18H17ClN4. The minimum atomic E-state index is 0.0776. The van der Waals surface area contributed by atoms with E-state index >= 15 is 0 Å². The summed E-state index contributed by atoms with van der Waals surface area (Å²) in [6.07, 6.45) is 4.42. The molecular weight excluding hydrogens is 308 g/mol. The van der Waals surface area contributed by atoms with Crippen molar-refractivity contribution in [1.82, 2.24) is 9.55 Å². The van der Waals surface area contributed by atoms with Crippen molar-refractivity contribution in [3.05, 3.63) is 88.5 Å². The number of halogens is 1. The molecule has 4 nitrogen and oxygen atoms in total. The Morgan fingerprint density at radius 1 is 1.17 bits per heavy atom. The van der Waals surface area contributed by atoms with E-state index in [1.54, 1.807) is 6.20 Å². The Morgan fingerprint density at radius 2 is 2.00 bits per heavy atom. The van der Waals surface area contributed by atoms with E-state index < -0.39 is 0 Å². The molecule has 3 rings (SSSR count). The van der Waals surface area contributed by atoms with E-state index in [-0.39, 0.29) is 5.84 Å². The third kappa shape index (κ3) is 3.60. The van der Waals surface area contributed by atoms with Gasteiger partial charge in [0.25, 0.3) is 0 Å². The molecule has 1 heterocycles. The molecule has 0 fully saturated rings. The lowest BCUT2D eigenvalue weighted by atomic mass is 10.1. The van der Waals surface area contributed by atoms with Gasteiger partial charge in [0.2, 0.25) is 0 Å². The summed E-state index contributed by atoms with van der Waals surface area (Å²) in [5.41, 5.74) is 8.42. The quantitative estimate of drug-likeness (QED) is 0.557. The lowest BCUT2D eigenvalue weighted by molar-refractivity contribution is 0.740. The zero-order valence-electron chi connectivity index (χ0n) is 12.5. The molecule has 0 atom stereocenters. The van der Waals surface area contributed by atoms with Crippen molar-refractivity contribution < 1.29 is 0 Å². The highest BCUT2D eigenvalue weighted by atomic mass is 35.5. The second-order valence-electron chi connectivity index (χ2n) is 5.35. The maximum Gasteiger partial charge on any atom is 0.122 e. The van der Waals surface area contributed by atoms with Crippen LogP contribution in [0.2, 0.25) is 5.02 Å². The van der Waals surface area contributed by atoms with Gasteiger partial charge in [-0.25, -0.2) is 4.98 Å². The van der Waals surface area contributed by atoms with Crippen LogP contribution < -0.4 is 5.73 Å². The topological polar surface area (TPSA) is 67.7 Å². The predicted octanol–water partition coefficient (Wildman–Crippen LogP) is 3.46. The van der Waals surface area contributed by atoms with Gasteiger partial charge in [-0.3, -0.25) is 5.41 Å². The Morgan fingerprint density at radius 3 is 2.78 bits per heavy atom. The van der Waals surface area contributed by atoms with E-state index in [9.17, 15) is 0 Å². The van der Waals surface area contributed by atoms with Crippen LogP contribution in [0.15, 0.2) is 60.9 Å². The molecule has 23 heavy (non-hydrogen) atoms. The largest absolute Gasteiger partial charge is 0.384 e. The number of imidazole rings is 1. The normalized spacial score (nSPS) is 10.7. The Bertz CT molecular complexity index is 838. The maximum absolute atomic E-state index is 7.54. The van der Waals surface area contributed by atoms with Gasteiger partial charge in [-0.15, -0.1) is 0 Å². The van der Waals surface area contributed by atoms with Crippen LogP contribution in [0.4, 0.5) is 0 Å². The van der Waals surface area contributed by atoms with Crippen molar-refractivity contribution in [3.8, 4) is 0 Å². The van der Waals surface area contributed by atoms with Crippen molar-refractivity contribution in [2.45, 2.75) is 13.0 Å². The van der Waals surface area contributed by atoms with Crippen LogP contribution in [0.3, 0.4) is 0 Å². The number of aromatic nitrogens is 2. The second kappa shape index (κ2) is 6.67. The van der Waals surface area contributed by atoms with E-state index in [2.05, 4.69) is 9.55 Å². The van der Waals surface area contributed by atoms with Gasteiger partial charge < -0.3 is 10.3 Å². The summed E-state index contributed by atoms with van der Waals surface area (Å²) >= 11 is 6.23. The van der Waals surface area contributed by atoms with E-state index in [1.165, 1.54) is 0 Å². The summed E-state index contributed by atoms with van der Waals surface area (Å²) in [5.74, 6) is 1.03. The molecule has 0 aliphatic carbocycles. The van der Waals surface area contributed by atoms with Crippen LogP contribution in [0.25, 0.3) is 0 Å². The zero-order valence-corrected chi connectivity index (χ0v) is 13.3. The van der Waals surface area contributed by atoms with Gasteiger partial charge in [0, 0.05) is 35.9 Å². The number of nitrogens with one attached hydrogen (secondary N) is 1. The van der Waals surface area contributed by atoms with Crippen LogP contribution in [-0.2, 0) is 13.0 Å². The molecule has 0 aliphatic rings. The SMILES string of the molecule is N=C(N)c1cccc(Cn2ccnc2Cc2ccccc2Cl)c1. The summed E-state index contributed by atoms with van der Waals surface area (Å²) in [5, 5.41) is 8.29. The number of hydrogen-bond donors (Lipinski definition) is 2. The van der Waals surface area contributed by atoms with Gasteiger partial charge in [-0.2, -0.15) is 0 Å². The van der Waals surface area contributed by atoms with Crippen molar-refractivity contribution in [2.75, 3.05) is 0 Å². The molecule has 5 heteroatoms. The van der Waals surface area contributed by atoms with Crippen LogP contribution in [0.5, 0.6) is 0 Å². The molecule has 0 spiro atoms. The fraction of sp³-hybridized carbons (Fsp3) is 0.111. The molecule has 0 radical (unpaired) electrons. The summed E-state index contributed by atoms with van der Waals surface area (Å²) in [4.78, 5) is 4.44. The van der Waals surface area contributed by atoms with Crippen LogP contribution in [0, 0.1) is 5.41 Å². The molecule has 3 aromatic rings. The van der Waals surface area contributed by atoms with Gasteiger partial charge >= 0.3 is 0 Å². The fourth-order valence-electron chi connectivity index (χ4n) is 2.50. The molecule has 0 aliphatic heterocycles. The van der Waals surface area contributed by atoms with E-state index in [1.807, 2.05) is 54.7 Å². The summed E-state index contributed by atoms with van der Waals surface area (Å²) in [6, 6.07) is 15.5. The average Bonchev–Trinajstić information content (AvgIpc) is 2.97. The third-order valence-electron chi connectivity index (χ3n) is 3.70. The second-order valence-corrected chi connectivity index (χ2v) is 5.76. The molecule has 0 bridgehead atoms. The summed E-state index contributed by atoms with van der Waals surface area (Å²) < 4.78 is 2.09. The first kappa shape index (κ1) is 15.3. The van der Waals surface area contributed by atoms with E-state index in [4.69, 9.17) is 22.7 Å².